The van der Waals surface area contributed by atoms with Gasteiger partial charge < -0.3 is 36.2 Å². The minimum atomic E-state index is -1.34. The number of nitrogens with one attached hydrogen (secondary N) is 2. The van der Waals surface area contributed by atoms with Gasteiger partial charge in [0.15, 0.2) is 17.0 Å². The molecule has 2 amide bonds. The van der Waals surface area contributed by atoms with Gasteiger partial charge in [-0.2, -0.15) is 0 Å². The van der Waals surface area contributed by atoms with Crippen LogP contribution in [0.1, 0.15) is 38.2 Å². The van der Waals surface area contributed by atoms with Gasteiger partial charge in [-0.1, -0.05) is 53.8 Å². The third-order valence-corrected chi connectivity index (χ3v) is 9.89. The number of ether oxygens (including phenoxy) is 1. The van der Waals surface area contributed by atoms with E-state index in [9.17, 15) is 29.1 Å². The van der Waals surface area contributed by atoms with E-state index in [1.165, 1.54) is 24.0 Å². The first-order valence-electron chi connectivity index (χ1n) is 14.5. The van der Waals surface area contributed by atoms with Crippen LogP contribution in [0.3, 0.4) is 0 Å². The number of rotatable bonds is 10. The van der Waals surface area contributed by atoms with E-state index in [2.05, 4.69) is 32.5 Å². The van der Waals surface area contributed by atoms with Gasteiger partial charge >= 0.3 is 17.9 Å². The summed E-state index contributed by atoms with van der Waals surface area (Å²) in [7, 11) is 2.49. The van der Waals surface area contributed by atoms with Crippen LogP contribution in [0.25, 0.3) is 0 Å². The number of amidine groups is 1. The van der Waals surface area contributed by atoms with Crippen molar-refractivity contribution in [3.63, 3.8) is 0 Å². The SMILES string of the molecule is C=C1S[C@@H]2[C@H](NC(=O)C(=NOC)c3csc(N)n3)C(=O)N2C(C(=O)O)=C1CSN1N=C(C(=O)OC)NC1c1ccccc1.CC(C)(C)C(=O)O. The summed E-state index contributed by atoms with van der Waals surface area (Å²) in [5.41, 5.74) is 5.91. The normalized spacial score (nSPS) is 20.1. The van der Waals surface area contributed by atoms with E-state index >= 15 is 0 Å². The number of esters is 1. The summed E-state index contributed by atoms with van der Waals surface area (Å²) < 4.78 is 6.32. The second-order valence-corrected chi connectivity index (χ2v) is 14.5. The molecule has 1 aromatic heterocycles. The summed E-state index contributed by atoms with van der Waals surface area (Å²) in [5.74, 6) is -4.08. The fraction of sp³-hybridized carbons (Fsp3) is 0.333. The first-order valence-corrected chi connectivity index (χ1v) is 17.2. The van der Waals surface area contributed by atoms with Gasteiger partial charge in [-0.25, -0.2) is 19.0 Å². The van der Waals surface area contributed by atoms with E-state index in [1.807, 2.05) is 30.3 Å². The topological polar surface area (TPSA) is 238 Å². The Bertz CT molecular complexity index is 1790. The lowest BCUT2D eigenvalue weighted by Crippen LogP contribution is -2.71. The van der Waals surface area contributed by atoms with E-state index in [1.54, 1.807) is 20.8 Å². The number of β-lactam (4-membered cyclic amide) rings is 1. The molecule has 0 aliphatic carbocycles. The van der Waals surface area contributed by atoms with Crippen LogP contribution in [0.15, 0.2) is 68.7 Å². The molecular weight excluding hydrogens is 713 g/mol. The van der Waals surface area contributed by atoms with Crippen molar-refractivity contribution in [3.8, 4) is 0 Å². The number of benzene rings is 1. The predicted molar refractivity (Wildman–Crippen MR) is 187 cm³/mol. The highest BCUT2D eigenvalue weighted by Crippen LogP contribution is 2.47. The molecule has 1 fully saturated rings. The van der Waals surface area contributed by atoms with Gasteiger partial charge in [-0.3, -0.25) is 19.3 Å². The van der Waals surface area contributed by atoms with E-state index in [0.29, 0.717) is 10.5 Å². The molecule has 17 nitrogen and oxygen atoms in total. The Hall–Kier alpha value is -5.08. The summed E-state index contributed by atoms with van der Waals surface area (Å²) in [6, 6.07) is 8.16. The maximum absolute atomic E-state index is 13.2. The lowest BCUT2D eigenvalue weighted by atomic mass is 9.98. The van der Waals surface area contributed by atoms with Crippen LogP contribution in [0.4, 0.5) is 5.13 Å². The molecule has 4 heterocycles. The molecule has 3 aliphatic rings. The Morgan fingerprint density at radius 2 is 1.84 bits per heavy atom. The summed E-state index contributed by atoms with van der Waals surface area (Å²) >= 11 is 3.37. The summed E-state index contributed by atoms with van der Waals surface area (Å²) in [4.78, 5) is 71.2. The number of methoxy groups -OCH3 is 1. The van der Waals surface area contributed by atoms with Crippen molar-refractivity contribution in [2.45, 2.75) is 38.4 Å². The second-order valence-electron chi connectivity index (χ2n) is 11.4. The standard InChI is InChI=1S/C25H24N8O7S3.C5H10O2/c1-11-13(9-42-33-19(12-7-5-4-6-8-12)29-18(30-33)24(38)39-2)17(23(36)37)32-21(35)16(22(32)43-11)28-20(34)15(31-40-3)14-10-41-25(26)27-14;1-5(2,3)4(6)7/h4-8,10,16,19,22H,1,9H2,2-3H3,(H2,26,27)(H,28,34)(H,29,30)(H,36,37);1-3H3,(H,6,7)/t16-,19?,22-;/m1./s1. The van der Waals surface area contributed by atoms with E-state index in [-0.39, 0.29) is 33.8 Å². The van der Waals surface area contributed by atoms with Crippen molar-refractivity contribution >= 4 is 81.4 Å². The Morgan fingerprint density at radius 3 is 2.38 bits per heavy atom. The van der Waals surface area contributed by atoms with Crippen molar-refractivity contribution < 1.29 is 43.8 Å². The van der Waals surface area contributed by atoms with Crippen molar-refractivity contribution in [2.24, 2.45) is 15.7 Å². The van der Waals surface area contributed by atoms with Crippen LogP contribution in [-0.4, -0.2) is 97.2 Å². The number of nitrogen functional groups attached to an aromatic ring is 1. The number of carboxylic acid groups (broad SMARTS) is 2. The number of thiazole rings is 1. The maximum atomic E-state index is 13.2. The molecule has 2 aromatic rings. The van der Waals surface area contributed by atoms with Crippen LogP contribution < -0.4 is 16.4 Å². The minimum Gasteiger partial charge on any atom is -0.481 e. The van der Waals surface area contributed by atoms with Crippen LogP contribution in [0, 0.1) is 5.41 Å². The number of anilines is 1. The van der Waals surface area contributed by atoms with Crippen molar-refractivity contribution in [2.75, 3.05) is 25.7 Å². The number of nitrogens with two attached hydrogens (primary N) is 1. The fourth-order valence-electron chi connectivity index (χ4n) is 4.38. The monoisotopic (exact) mass is 746 g/mol. The molecule has 1 unspecified atom stereocenters. The quantitative estimate of drug-likeness (QED) is 0.0770. The van der Waals surface area contributed by atoms with Gasteiger partial charge in [-0.15, -0.1) is 16.4 Å². The molecule has 3 aliphatic heterocycles. The van der Waals surface area contributed by atoms with Gasteiger partial charge in [0.1, 0.15) is 29.9 Å². The minimum absolute atomic E-state index is 0.0126. The molecule has 1 saturated heterocycles. The zero-order valence-electron chi connectivity index (χ0n) is 27.4. The molecule has 0 bridgehead atoms. The van der Waals surface area contributed by atoms with E-state index in [4.69, 9.17) is 20.4 Å². The van der Waals surface area contributed by atoms with Gasteiger partial charge in [0.2, 0.25) is 5.84 Å². The summed E-state index contributed by atoms with van der Waals surface area (Å²) in [5, 5.41) is 33.0. The molecule has 6 N–H and O–H groups in total. The molecule has 0 radical (unpaired) electrons. The number of hydrogen-bond donors (Lipinski definition) is 5. The Balaban J connectivity index is 0.000000727. The predicted octanol–water partition coefficient (Wildman–Crippen LogP) is 2.18. The van der Waals surface area contributed by atoms with Crippen molar-refractivity contribution in [1.29, 1.82) is 0 Å². The Kier molecular flexibility index (Phi) is 11.8. The number of amides is 2. The second kappa shape index (κ2) is 15.6. The number of aromatic nitrogens is 1. The number of carbonyl (C=O) groups is 5. The number of hydrazone groups is 1. The average molecular weight is 747 g/mol. The van der Waals surface area contributed by atoms with Gasteiger partial charge in [-0.05, 0) is 38.3 Å². The number of thioether (sulfide) groups is 1. The lowest BCUT2D eigenvalue weighted by molar-refractivity contribution is -0.150. The highest BCUT2D eigenvalue weighted by Gasteiger charge is 2.55. The molecule has 266 valence electrons. The molecule has 20 heteroatoms. The molecule has 3 atom stereocenters. The molecule has 1 aromatic carbocycles. The number of carboxylic acids is 2. The number of hydrogen-bond acceptors (Lipinski definition) is 16. The van der Waals surface area contributed by atoms with E-state index < -0.39 is 52.7 Å². The Morgan fingerprint density at radius 1 is 1.18 bits per heavy atom. The first-order chi connectivity index (χ1) is 23.6. The number of fused-ring (bicyclic) bond motifs is 1. The number of aliphatic carboxylic acids is 2. The zero-order chi connectivity index (χ0) is 36.9. The highest BCUT2D eigenvalue weighted by molar-refractivity contribution is 8.04. The largest absolute Gasteiger partial charge is 0.481 e. The molecule has 0 spiro atoms. The van der Waals surface area contributed by atoms with Crippen LogP contribution in [0.2, 0.25) is 0 Å². The highest BCUT2D eigenvalue weighted by atomic mass is 32.2. The molecule has 0 saturated carbocycles. The Labute approximate surface area is 298 Å². The molecule has 5 rings (SSSR count). The van der Waals surface area contributed by atoms with Crippen LogP contribution in [0.5, 0.6) is 0 Å². The van der Waals surface area contributed by atoms with Gasteiger partial charge in [0.05, 0.1) is 12.5 Å². The van der Waals surface area contributed by atoms with Crippen LogP contribution in [-0.2, 0) is 33.5 Å². The van der Waals surface area contributed by atoms with E-state index in [0.717, 1.165) is 45.5 Å². The zero-order valence-corrected chi connectivity index (χ0v) is 29.9. The van der Waals surface area contributed by atoms with Crippen molar-refractivity contribution in [3.05, 3.63) is 69.7 Å². The lowest BCUT2D eigenvalue weighted by Gasteiger charge is -2.49. The van der Waals surface area contributed by atoms with Gasteiger partial charge in [0.25, 0.3) is 11.8 Å². The van der Waals surface area contributed by atoms with Gasteiger partial charge in [0, 0.05) is 21.6 Å². The average Bonchev–Trinajstić information content (AvgIpc) is 3.71. The summed E-state index contributed by atoms with van der Waals surface area (Å²) in [6.45, 7) is 9.03. The fourth-order valence-corrected chi connectivity index (χ4v) is 7.29. The number of nitrogens with zero attached hydrogens (tertiary/aromatic N) is 5. The first kappa shape index (κ1) is 37.7. The maximum Gasteiger partial charge on any atom is 0.375 e. The summed E-state index contributed by atoms with van der Waals surface area (Å²) in [6.07, 6.45) is -0.548. The third-order valence-electron chi connectivity index (χ3n) is 6.99. The van der Waals surface area contributed by atoms with Crippen LogP contribution >= 0.6 is 35.0 Å². The molecular formula is C30H34N8O9S3. The number of oxime groups is 1. The third kappa shape index (κ3) is 8.20. The number of allylic oxidation sites excluding steroid dienone is 1. The smallest absolute Gasteiger partial charge is 0.375 e. The van der Waals surface area contributed by atoms with Crippen molar-refractivity contribution in [1.82, 2.24) is 24.9 Å². The number of carbonyl (C=O) groups excluding carboxylic acids is 3. The molecule has 50 heavy (non-hydrogen) atoms.